The minimum Gasteiger partial charge on any atom is -0.384 e. The van der Waals surface area contributed by atoms with Crippen LogP contribution in [0.4, 0.5) is 5.69 Å². The lowest BCUT2D eigenvalue weighted by Crippen LogP contribution is -2.37. The summed E-state index contributed by atoms with van der Waals surface area (Å²) in [5.41, 5.74) is 3.30. The summed E-state index contributed by atoms with van der Waals surface area (Å²) in [5.74, 6) is 0. The third-order valence-corrected chi connectivity index (χ3v) is 5.63. The molecule has 4 heteroatoms. The van der Waals surface area contributed by atoms with Crippen molar-refractivity contribution in [2.24, 2.45) is 0 Å². The molecular formula is C24H25N3O. The van der Waals surface area contributed by atoms with Crippen LogP contribution in [-0.2, 0) is 4.74 Å². The first kappa shape index (κ1) is 17.4. The van der Waals surface area contributed by atoms with Crippen LogP contribution >= 0.6 is 0 Å². The molecule has 1 aliphatic rings. The Morgan fingerprint density at radius 3 is 2.54 bits per heavy atom. The van der Waals surface area contributed by atoms with Crippen LogP contribution in [0.2, 0.25) is 0 Å². The normalized spacial score (nSPS) is 15.4. The number of morpholine rings is 1. The summed E-state index contributed by atoms with van der Waals surface area (Å²) in [6.07, 6.45) is 1.11. The standard InChI is InChI=1S/C24H25N3O/c1-2-7-19-18(6-1)10-11-22-23(19)24(20-8-3-4-9-21(20)26-22)25-12-5-13-27-14-16-28-17-15-27/h1-4,6-11H,5,12-17H2,(H,25,26). The van der Waals surface area contributed by atoms with Gasteiger partial charge in [-0.15, -0.1) is 0 Å². The highest BCUT2D eigenvalue weighted by Gasteiger charge is 2.13. The number of rotatable bonds is 5. The van der Waals surface area contributed by atoms with Gasteiger partial charge >= 0.3 is 0 Å². The van der Waals surface area contributed by atoms with Crippen molar-refractivity contribution < 1.29 is 4.74 Å². The van der Waals surface area contributed by atoms with Crippen LogP contribution in [0.15, 0.2) is 60.7 Å². The summed E-state index contributed by atoms with van der Waals surface area (Å²) in [7, 11) is 0. The molecule has 5 rings (SSSR count). The van der Waals surface area contributed by atoms with Gasteiger partial charge < -0.3 is 10.1 Å². The maximum Gasteiger partial charge on any atom is 0.0737 e. The predicted octanol–water partition coefficient (Wildman–Crippen LogP) is 4.68. The zero-order valence-corrected chi connectivity index (χ0v) is 16.0. The van der Waals surface area contributed by atoms with Crippen LogP contribution in [0.1, 0.15) is 6.42 Å². The summed E-state index contributed by atoms with van der Waals surface area (Å²) in [6, 6.07) is 21.3. The number of hydrogen-bond donors (Lipinski definition) is 1. The Morgan fingerprint density at radius 1 is 0.857 bits per heavy atom. The largest absolute Gasteiger partial charge is 0.384 e. The second kappa shape index (κ2) is 7.74. The van der Waals surface area contributed by atoms with Crippen LogP contribution in [0.25, 0.3) is 32.6 Å². The summed E-state index contributed by atoms with van der Waals surface area (Å²) in [5, 5.41) is 8.69. The first-order valence-corrected chi connectivity index (χ1v) is 10.1. The van der Waals surface area contributed by atoms with Gasteiger partial charge in [0.15, 0.2) is 0 Å². The number of hydrogen-bond acceptors (Lipinski definition) is 4. The maximum atomic E-state index is 5.45. The molecule has 2 heterocycles. The molecule has 0 saturated carbocycles. The first-order chi connectivity index (χ1) is 13.9. The molecule has 1 N–H and O–H groups in total. The van der Waals surface area contributed by atoms with Crippen LogP contribution in [0.5, 0.6) is 0 Å². The van der Waals surface area contributed by atoms with Crippen molar-refractivity contribution in [3.8, 4) is 0 Å². The van der Waals surface area contributed by atoms with Crippen molar-refractivity contribution in [3.05, 3.63) is 60.7 Å². The molecule has 1 fully saturated rings. The Labute approximate surface area is 165 Å². The predicted molar refractivity (Wildman–Crippen MR) is 117 cm³/mol. The van der Waals surface area contributed by atoms with Crippen molar-refractivity contribution in [3.63, 3.8) is 0 Å². The highest BCUT2D eigenvalue weighted by Crippen LogP contribution is 2.35. The highest BCUT2D eigenvalue weighted by molar-refractivity contribution is 6.18. The quantitative estimate of drug-likeness (QED) is 0.314. The third kappa shape index (κ3) is 3.30. The van der Waals surface area contributed by atoms with Crippen molar-refractivity contribution in [1.82, 2.24) is 9.88 Å². The van der Waals surface area contributed by atoms with Gasteiger partial charge in [-0.25, -0.2) is 4.98 Å². The van der Waals surface area contributed by atoms with E-state index in [-0.39, 0.29) is 0 Å². The van der Waals surface area contributed by atoms with Crippen molar-refractivity contribution >= 4 is 38.3 Å². The van der Waals surface area contributed by atoms with E-state index in [9.17, 15) is 0 Å². The van der Waals surface area contributed by atoms with E-state index in [1.165, 1.54) is 27.2 Å². The molecule has 0 spiro atoms. The molecule has 0 bridgehead atoms. The van der Waals surface area contributed by atoms with E-state index in [4.69, 9.17) is 9.72 Å². The van der Waals surface area contributed by atoms with Crippen LogP contribution < -0.4 is 5.32 Å². The minimum atomic E-state index is 0.860. The van der Waals surface area contributed by atoms with Gasteiger partial charge in [-0.2, -0.15) is 0 Å². The van der Waals surface area contributed by atoms with E-state index in [0.29, 0.717) is 0 Å². The first-order valence-electron chi connectivity index (χ1n) is 10.1. The van der Waals surface area contributed by atoms with Gasteiger partial charge in [0, 0.05) is 30.4 Å². The average Bonchev–Trinajstić information content (AvgIpc) is 2.76. The number of aromatic nitrogens is 1. The molecule has 0 amide bonds. The van der Waals surface area contributed by atoms with E-state index in [1.54, 1.807) is 0 Å². The number of anilines is 1. The molecule has 4 aromatic rings. The minimum absolute atomic E-state index is 0.860. The summed E-state index contributed by atoms with van der Waals surface area (Å²) < 4.78 is 5.45. The molecule has 142 valence electrons. The average molecular weight is 371 g/mol. The molecule has 3 aromatic carbocycles. The summed E-state index contributed by atoms with van der Waals surface area (Å²) >= 11 is 0. The topological polar surface area (TPSA) is 37.4 Å². The van der Waals surface area contributed by atoms with E-state index in [1.807, 2.05) is 0 Å². The van der Waals surface area contributed by atoms with Gasteiger partial charge in [0.05, 0.1) is 29.9 Å². The fourth-order valence-electron chi connectivity index (χ4n) is 4.19. The number of nitrogens with zero attached hydrogens (tertiary/aromatic N) is 2. The Morgan fingerprint density at radius 2 is 1.64 bits per heavy atom. The van der Waals surface area contributed by atoms with Gasteiger partial charge in [-0.1, -0.05) is 48.5 Å². The molecule has 0 unspecified atom stereocenters. The molecule has 0 radical (unpaired) electrons. The highest BCUT2D eigenvalue weighted by atomic mass is 16.5. The molecule has 1 aromatic heterocycles. The monoisotopic (exact) mass is 371 g/mol. The second-order valence-corrected chi connectivity index (χ2v) is 7.42. The molecule has 28 heavy (non-hydrogen) atoms. The lowest BCUT2D eigenvalue weighted by molar-refractivity contribution is 0.0378. The third-order valence-electron chi connectivity index (χ3n) is 5.63. The number of para-hydroxylation sites is 1. The van der Waals surface area contributed by atoms with E-state index in [2.05, 4.69) is 70.9 Å². The van der Waals surface area contributed by atoms with Gasteiger partial charge in [-0.3, -0.25) is 4.90 Å². The number of pyridine rings is 1. The number of benzene rings is 3. The van der Waals surface area contributed by atoms with E-state index >= 15 is 0 Å². The summed E-state index contributed by atoms with van der Waals surface area (Å²) in [6.45, 7) is 5.87. The fraction of sp³-hybridized carbons (Fsp3) is 0.292. The maximum absolute atomic E-state index is 5.45. The van der Waals surface area contributed by atoms with Crippen molar-refractivity contribution in [1.29, 1.82) is 0 Å². The Hall–Kier alpha value is -2.69. The van der Waals surface area contributed by atoms with Gasteiger partial charge in [0.25, 0.3) is 0 Å². The number of nitrogens with one attached hydrogen (secondary N) is 1. The smallest absolute Gasteiger partial charge is 0.0737 e. The van der Waals surface area contributed by atoms with Gasteiger partial charge in [-0.05, 0) is 35.9 Å². The molecular weight excluding hydrogens is 346 g/mol. The number of fused-ring (bicyclic) bond motifs is 4. The molecule has 0 aliphatic carbocycles. The lowest BCUT2D eigenvalue weighted by atomic mass is 10.0. The second-order valence-electron chi connectivity index (χ2n) is 7.42. The Kier molecular flexibility index (Phi) is 4.81. The zero-order valence-electron chi connectivity index (χ0n) is 16.0. The Balaban J connectivity index is 1.51. The van der Waals surface area contributed by atoms with E-state index in [0.717, 1.165) is 56.8 Å². The van der Waals surface area contributed by atoms with Crippen molar-refractivity contribution in [2.45, 2.75) is 6.42 Å². The van der Waals surface area contributed by atoms with Crippen LogP contribution in [-0.4, -0.2) is 49.3 Å². The van der Waals surface area contributed by atoms with Crippen LogP contribution in [0.3, 0.4) is 0 Å². The van der Waals surface area contributed by atoms with E-state index < -0.39 is 0 Å². The molecule has 4 nitrogen and oxygen atoms in total. The van der Waals surface area contributed by atoms with Crippen LogP contribution in [0, 0.1) is 0 Å². The van der Waals surface area contributed by atoms with Gasteiger partial charge in [0.1, 0.15) is 0 Å². The van der Waals surface area contributed by atoms with Gasteiger partial charge in [0.2, 0.25) is 0 Å². The fourth-order valence-corrected chi connectivity index (χ4v) is 4.19. The molecule has 1 saturated heterocycles. The Bertz CT molecular complexity index is 1120. The lowest BCUT2D eigenvalue weighted by Gasteiger charge is -2.26. The number of ether oxygens (including phenoxy) is 1. The van der Waals surface area contributed by atoms with Crippen molar-refractivity contribution in [2.75, 3.05) is 44.7 Å². The molecule has 0 atom stereocenters. The summed E-state index contributed by atoms with van der Waals surface area (Å²) in [4.78, 5) is 7.42. The molecule has 1 aliphatic heterocycles. The SMILES string of the molecule is c1ccc2c(c1)ccc1nc3ccccc3c(NCCCN3CCOCC3)c12. The zero-order chi connectivity index (χ0) is 18.8.